The number of thiazole rings is 1. The molecule has 1 saturated heterocycles. The van der Waals surface area contributed by atoms with Crippen LogP contribution >= 0.6 is 11.3 Å². The highest BCUT2D eigenvalue weighted by Gasteiger charge is 2.35. The predicted molar refractivity (Wildman–Crippen MR) is 60.4 cm³/mol. The minimum absolute atomic E-state index is 0.386. The average Bonchev–Trinajstić information content (AvgIpc) is 2.83. The molecule has 3 rings (SSSR count). The molecule has 2 aliphatic rings. The topological polar surface area (TPSA) is 25.4 Å². The third-order valence-electron chi connectivity index (χ3n) is 3.39. The summed E-state index contributed by atoms with van der Waals surface area (Å²) in [5.41, 5.74) is 0. The Morgan fingerprint density at radius 2 is 2.13 bits per heavy atom. The van der Waals surface area contributed by atoms with Gasteiger partial charge in [-0.2, -0.15) is 0 Å². The molecular formula is C11H16N2OS. The van der Waals surface area contributed by atoms with Gasteiger partial charge in [-0.15, -0.1) is 0 Å². The van der Waals surface area contributed by atoms with Crippen molar-refractivity contribution in [3.63, 3.8) is 0 Å². The van der Waals surface area contributed by atoms with Crippen LogP contribution in [0.3, 0.4) is 0 Å². The number of hydrogen-bond acceptors (Lipinski definition) is 4. The lowest BCUT2D eigenvalue weighted by molar-refractivity contribution is -0.00745. The molecule has 1 aliphatic heterocycles. The van der Waals surface area contributed by atoms with Crippen molar-refractivity contribution in [1.29, 1.82) is 0 Å². The molecule has 1 saturated carbocycles. The monoisotopic (exact) mass is 224 g/mol. The van der Waals surface area contributed by atoms with Gasteiger partial charge in [0.1, 0.15) is 6.10 Å². The van der Waals surface area contributed by atoms with Crippen LogP contribution in [0.5, 0.6) is 5.19 Å². The molecule has 0 aromatic carbocycles. The maximum atomic E-state index is 5.75. The van der Waals surface area contributed by atoms with E-state index in [0.717, 1.165) is 24.3 Å². The van der Waals surface area contributed by atoms with Gasteiger partial charge in [0.25, 0.3) is 5.19 Å². The van der Waals surface area contributed by atoms with Gasteiger partial charge in [0, 0.05) is 30.7 Å². The Morgan fingerprint density at radius 1 is 1.33 bits per heavy atom. The average molecular weight is 224 g/mol. The highest BCUT2D eigenvalue weighted by Crippen LogP contribution is 2.28. The van der Waals surface area contributed by atoms with Gasteiger partial charge in [0.05, 0.1) is 0 Å². The summed E-state index contributed by atoms with van der Waals surface area (Å²) in [7, 11) is 0. The largest absolute Gasteiger partial charge is 0.464 e. The number of nitrogens with zero attached hydrogens (tertiary/aromatic N) is 2. The van der Waals surface area contributed by atoms with Crippen molar-refractivity contribution in [2.75, 3.05) is 13.1 Å². The fourth-order valence-electron chi connectivity index (χ4n) is 2.52. The second kappa shape index (κ2) is 4.10. The molecule has 4 heteroatoms. The lowest BCUT2D eigenvalue weighted by atomic mass is 10.1. The number of likely N-dealkylation sites (tertiary alicyclic amines) is 1. The standard InChI is InChI=1S/C11H16N2OS/c1-2-4-9(3-1)13-7-10(8-13)14-11-12-5-6-15-11/h5-6,9-10H,1-4,7-8H2. The minimum Gasteiger partial charge on any atom is -0.464 e. The Balaban J connectivity index is 1.45. The van der Waals surface area contributed by atoms with Gasteiger partial charge >= 0.3 is 0 Å². The van der Waals surface area contributed by atoms with Crippen molar-refractivity contribution in [2.45, 2.75) is 37.8 Å². The van der Waals surface area contributed by atoms with E-state index >= 15 is 0 Å². The molecule has 2 heterocycles. The Labute approximate surface area is 94.1 Å². The molecule has 1 aromatic rings. The van der Waals surface area contributed by atoms with Gasteiger partial charge in [0.15, 0.2) is 0 Å². The number of rotatable bonds is 3. The van der Waals surface area contributed by atoms with Crippen molar-refractivity contribution >= 4 is 11.3 Å². The third kappa shape index (κ3) is 2.01. The maximum absolute atomic E-state index is 5.75. The molecule has 3 nitrogen and oxygen atoms in total. The first-order valence-corrected chi connectivity index (χ1v) is 6.60. The zero-order chi connectivity index (χ0) is 10.1. The molecular weight excluding hydrogens is 208 g/mol. The molecule has 1 aliphatic carbocycles. The lowest BCUT2D eigenvalue weighted by Crippen LogP contribution is -2.57. The van der Waals surface area contributed by atoms with E-state index in [1.165, 1.54) is 25.7 Å². The number of hydrogen-bond donors (Lipinski definition) is 0. The van der Waals surface area contributed by atoms with Crippen LogP contribution in [0.25, 0.3) is 0 Å². The van der Waals surface area contributed by atoms with Crippen LogP contribution in [0.2, 0.25) is 0 Å². The maximum Gasteiger partial charge on any atom is 0.273 e. The Bertz CT molecular complexity index is 302. The number of ether oxygens (including phenoxy) is 1. The van der Waals surface area contributed by atoms with Crippen LogP contribution < -0.4 is 4.74 Å². The summed E-state index contributed by atoms with van der Waals surface area (Å²) in [6, 6.07) is 0.848. The Hall–Kier alpha value is -0.610. The quantitative estimate of drug-likeness (QED) is 0.786. The molecule has 0 spiro atoms. The van der Waals surface area contributed by atoms with Crippen molar-refractivity contribution < 1.29 is 4.74 Å². The summed E-state index contributed by atoms with van der Waals surface area (Å²) in [6.45, 7) is 2.20. The summed E-state index contributed by atoms with van der Waals surface area (Å²) in [5.74, 6) is 0. The van der Waals surface area contributed by atoms with E-state index in [1.807, 2.05) is 5.38 Å². The molecule has 0 atom stereocenters. The molecule has 0 amide bonds. The normalized spacial score (nSPS) is 24.3. The van der Waals surface area contributed by atoms with Crippen LogP contribution in [0.15, 0.2) is 11.6 Å². The second-order valence-corrected chi connectivity index (χ2v) is 5.29. The summed E-state index contributed by atoms with van der Waals surface area (Å²) < 4.78 is 5.75. The highest BCUT2D eigenvalue weighted by molar-refractivity contribution is 7.11. The van der Waals surface area contributed by atoms with Crippen LogP contribution in [0.1, 0.15) is 25.7 Å². The van der Waals surface area contributed by atoms with E-state index in [2.05, 4.69) is 9.88 Å². The van der Waals surface area contributed by atoms with Crippen molar-refractivity contribution in [2.24, 2.45) is 0 Å². The smallest absolute Gasteiger partial charge is 0.273 e. The van der Waals surface area contributed by atoms with Gasteiger partial charge in [-0.05, 0) is 12.8 Å². The Morgan fingerprint density at radius 3 is 2.80 bits per heavy atom. The molecule has 15 heavy (non-hydrogen) atoms. The highest BCUT2D eigenvalue weighted by atomic mass is 32.1. The van der Waals surface area contributed by atoms with Crippen LogP contribution in [-0.4, -0.2) is 35.1 Å². The fourth-order valence-corrected chi connectivity index (χ4v) is 3.07. The first-order valence-electron chi connectivity index (χ1n) is 5.72. The van der Waals surface area contributed by atoms with E-state index in [1.54, 1.807) is 17.5 Å². The van der Waals surface area contributed by atoms with E-state index in [0.29, 0.717) is 6.10 Å². The van der Waals surface area contributed by atoms with E-state index in [9.17, 15) is 0 Å². The van der Waals surface area contributed by atoms with Crippen molar-refractivity contribution in [3.05, 3.63) is 11.6 Å². The third-order valence-corrected chi connectivity index (χ3v) is 4.06. The van der Waals surface area contributed by atoms with Gasteiger partial charge in [-0.25, -0.2) is 4.98 Å². The molecule has 82 valence electrons. The molecule has 0 bridgehead atoms. The molecule has 0 radical (unpaired) electrons. The van der Waals surface area contributed by atoms with E-state index in [4.69, 9.17) is 4.74 Å². The second-order valence-electron chi connectivity index (χ2n) is 4.43. The van der Waals surface area contributed by atoms with Crippen LogP contribution in [-0.2, 0) is 0 Å². The summed E-state index contributed by atoms with van der Waals surface area (Å²) in [6.07, 6.45) is 7.80. The molecule has 2 fully saturated rings. The first kappa shape index (κ1) is 9.60. The first-order chi connectivity index (χ1) is 7.42. The summed E-state index contributed by atoms with van der Waals surface area (Å²) in [5, 5.41) is 2.79. The van der Waals surface area contributed by atoms with Crippen LogP contribution in [0, 0.1) is 0 Å². The summed E-state index contributed by atoms with van der Waals surface area (Å²) >= 11 is 1.58. The fraction of sp³-hybridized carbons (Fsp3) is 0.727. The summed E-state index contributed by atoms with van der Waals surface area (Å²) in [4.78, 5) is 6.70. The predicted octanol–water partition coefficient (Wildman–Crippen LogP) is 2.15. The van der Waals surface area contributed by atoms with Crippen molar-refractivity contribution in [3.8, 4) is 5.19 Å². The minimum atomic E-state index is 0.386. The van der Waals surface area contributed by atoms with Gasteiger partial charge in [-0.3, -0.25) is 4.90 Å². The SMILES string of the molecule is c1csc(OC2CN(C3CCCC3)C2)n1. The van der Waals surface area contributed by atoms with E-state index < -0.39 is 0 Å². The zero-order valence-corrected chi connectivity index (χ0v) is 9.58. The van der Waals surface area contributed by atoms with Gasteiger partial charge in [0.2, 0.25) is 0 Å². The van der Waals surface area contributed by atoms with Crippen molar-refractivity contribution in [1.82, 2.24) is 9.88 Å². The molecule has 0 N–H and O–H groups in total. The van der Waals surface area contributed by atoms with E-state index in [-0.39, 0.29) is 0 Å². The van der Waals surface area contributed by atoms with Gasteiger partial charge in [-0.1, -0.05) is 24.2 Å². The zero-order valence-electron chi connectivity index (χ0n) is 8.76. The number of aromatic nitrogens is 1. The van der Waals surface area contributed by atoms with Gasteiger partial charge < -0.3 is 4.74 Å². The van der Waals surface area contributed by atoms with Crippen LogP contribution in [0.4, 0.5) is 0 Å². The Kier molecular flexibility index (Phi) is 2.63. The lowest BCUT2D eigenvalue weighted by Gasteiger charge is -2.42. The molecule has 0 unspecified atom stereocenters. The molecule has 1 aromatic heterocycles.